The first-order chi connectivity index (χ1) is 13.9. The van der Waals surface area contributed by atoms with Crippen LogP contribution in [0.1, 0.15) is 16.1 Å². The summed E-state index contributed by atoms with van der Waals surface area (Å²) in [5, 5.41) is 10.2. The fourth-order valence-electron chi connectivity index (χ4n) is 2.58. The number of amides is 1. The van der Waals surface area contributed by atoms with Crippen LogP contribution in [0, 0.1) is 0 Å². The van der Waals surface area contributed by atoms with Gasteiger partial charge in [0.15, 0.2) is 5.65 Å². The molecule has 0 spiro atoms. The number of halogens is 1. The first-order valence-electron chi connectivity index (χ1n) is 8.31. The standard InChI is InChI=1S/C18H13ClN6O3S/c19-13-4-16(9-20-7-13)29(27,28)15-2-1-14(21-10-15)8-23-18(26)12-3-11-6-24-25-17(11)22-5-12/h1-7,9-10H,8H2,(H,23,26)(H,22,24,25). The minimum Gasteiger partial charge on any atom is -0.346 e. The van der Waals surface area contributed by atoms with Crippen molar-refractivity contribution in [2.45, 2.75) is 16.3 Å². The molecule has 4 heterocycles. The van der Waals surface area contributed by atoms with Crippen molar-refractivity contribution in [2.75, 3.05) is 0 Å². The van der Waals surface area contributed by atoms with E-state index < -0.39 is 9.84 Å². The van der Waals surface area contributed by atoms with Crippen LogP contribution in [0.3, 0.4) is 0 Å². The zero-order valence-electron chi connectivity index (χ0n) is 14.7. The Hall–Kier alpha value is -3.37. The molecule has 0 aliphatic heterocycles. The van der Waals surface area contributed by atoms with Crippen LogP contribution in [0.25, 0.3) is 11.0 Å². The number of aromatic nitrogens is 5. The van der Waals surface area contributed by atoms with Crippen LogP contribution in [0.5, 0.6) is 0 Å². The quantitative estimate of drug-likeness (QED) is 0.498. The largest absolute Gasteiger partial charge is 0.346 e. The fourth-order valence-corrected chi connectivity index (χ4v) is 4.01. The van der Waals surface area contributed by atoms with Crippen LogP contribution in [0.4, 0.5) is 0 Å². The first-order valence-corrected chi connectivity index (χ1v) is 10.2. The van der Waals surface area contributed by atoms with Gasteiger partial charge in [0.2, 0.25) is 9.84 Å². The second-order valence-electron chi connectivity index (χ2n) is 6.04. The Morgan fingerprint density at radius 3 is 2.66 bits per heavy atom. The number of aromatic amines is 1. The lowest BCUT2D eigenvalue weighted by molar-refractivity contribution is 0.0950. The van der Waals surface area contributed by atoms with E-state index in [1.165, 1.54) is 43.0 Å². The summed E-state index contributed by atoms with van der Waals surface area (Å²) < 4.78 is 25.2. The van der Waals surface area contributed by atoms with Gasteiger partial charge in [0, 0.05) is 30.2 Å². The van der Waals surface area contributed by atoms with Gasteiger partial charge >= 0.3 is 0 Å². The third kappa shape index (κ3) is 3.93. The van der Waals surface area contributed by atoms with Crippen molar-refractivity contribution in [1.82, 2.24) is 30.5 Å². The molecule has 29 heavy (non-hydrogen) atoms. The number of carbonyl (C=O) groups excluding carboxylic acids is 1. The summed E-state index contributed by atoms with van der Waals surface area (Å²) in [6.45, 7) is 0.126. The molecular formula is C18H13ClN6O3S. The van der Waals surface area contributed by atoms with Crippen molar-refractivity contribution in [3.05, 3.63) is 71.5 Å². The number of pyridine rings is 3. The van der Waals surface area contributed by atoms with Crippen LogP contribution in [-0.4, -0.2) is 39.5 Å². The molecule has 11 heteroatoms. The van der Waals surface area contributed by atoms with Crippen molar-refractivity contribution < 1.29 is 13.2 Å². The minimum absolute atomic E-state index is 0.00579. The van der Waals surface area contributed by atoms with E-state index in [-0.39, 0.29) is 27.3 Å². The van der Waals surface area contributed by atoms with Gasteiger partial charge < -0.3 is 5.32 Å². The number of nitrogens with zero attached hydrogens (tertiary/aromatic N) is 4. The molecule has 1 amide bonds. The number of hydrogen-bond acceptors (Lipinski definition) is 7. The van der Waals surface area contributed by atoms with Crippen molar-refractivity contribution in [1.29, 1.82) is 0 Å². The second kappa shape index (κ2) is 7.57. The number of nitrogens with one attached hydrogen (secondary N) is 2. The molecular weight excluding hydrogens is 416 g/mol. The third-order valence-corrected chi connectivity index (χ3v) is 5.99. The lowest BCUT2D eigenvalue weighted by Gasteiger charge is -2.07. The highest BCUT2D eigenvalue weighted by Crippen LogP contribution is 2.22. The van der Waals surface area contributed by atoms with E-state index in [1.807, 2.05) is 0 Å². The van der Waals surface area contributed by atoms with Gasteiger partial charge in [0.25, 0.3) is 5.91 Å². The number of H-pyrrole nitrogens is 1. The predicted octanol–water partition coefficient (Wildman–Crippen LogP) is 2.16. The topological polar surface area (TPSA) is 131 Å². The average molecular weight is 429 g/mol. The van der Waals surface area contributed by atoms with Gasteiger partial charge in [-0.3, -0.25) is 19.9 Å². The molecule has 0 fully saturated rings. The van der Waals surface area contributed by atoms with Crippen LogP contribution in [0.2, 0.25) is 5.02 Å². The maximum absolute atomic E-state index is 12.6. The van der Waals surface area contributed by atoms with E-state index in [0.717, 1.165) is 5.39 Å². The molecule has 0 aromatic carbocycles. The Labute approximate surface area is 170 Å². The van der Waals surface area contributed by atoms with Gasteiger partial charge in [-0.15, -0.1) is 0 Å². The number of sulfone groups is 1. The maximum Gasteiger partial charge on any atom is 0.253 e. The van der Waals surface area contributed by atoms with E-state index in [2.05, 4.69) is 30.5 Å². The van der Waals surface area contributed by atoms with Gasteiger partial charge in [-0.2, -0.15) is 5.10 Å². The van der Waals surface area contributed by atoms with Gasteiger partial charge in [0.05, 0.1) is 38.8 Å². The SMILES string of the molecule is O=C(NCc1ccc(S(=O)(=O)c2cncc(Cl)c2)cn1)c1cnc2[nH]ncc2c1. The van der Waals surface area contributed by atoms with Gasteiger partial charge in [-0.1, -0.05) is 11.6 Å². The number of hydrogen-bond donors (Lipinski definition) is 2. The Morgan fingerprint density at radius 1 is 1.03 bits per heavy atom. The molecule has 0 bridgehead atoms. The lowest BCUT2D eigenvalue weighted by atomic mass is 10.2. The van der Waals surface area contributed by atoms with E-state index in [1.54, 1.807) is 12.3 Å². The van der Waals surface area contributed by atoms with Gasteiger partial charge in [-0.25, -0.2) is 13.4 Å². The zero-order valence-corrected chi connectivity index (χ0v) is 16.3. The molecule has 4 rings (SSSR count). The zero-order chi connectivity index (χ0) is 20.4. The van der Waals surface area contributed by atoms with Crippen molar-refractivity contribution in [3.63, 3.8) is 0 Å². The van der Waals surface area contributed by atoms with E-state index >= 15 is 0 Å². The fraction of sp³-hybridized carbons (Fsp3) is 0.0556. The molecule has 4 aromatic rings. The Balaban J connectivity index is 1.46. The molecule has 0 unspecified atom stereocenters. The number of fused-ring (bicyclic) bond motifs is 1. The van der Waals surface area contributed by atoms with Crippen LogP contribution >= 0.6 is 11.6 Å². The van der Waals surface area contributed by atoms with Crippen molar-refractivity contribution in [2.24, 2.45) is 0 Å². The summed E-state index contributed by atoms with van der Waals surface area (Å²) >= 11 is 5.82. The average Bonchev–Trinajstić information content (AvgIpc) is 3.20. The Kier molecular flexibility index (Phi) is 4.95. The third-order valence-electron chi connectivity index (χ3n) is 4.08. The maximum atomic E-state index is 12.6. The monoisotopic (exact) mass is 428 g/mol. The van der Waals surface area contributed by atoms with Gasteiger partial charge in [-0.05, 0) is 24.3 Å². The molecule has 0 saturated carbocycles. The van der Waals surface area contributed by atoms with Crippen LogP contribution in [-0.2, 0) is 16.4 Å². The lowest BCUT2D eigenvalue weighted by Crippen LogP contribution is -2.23. The minimum atomic E-state index is -3.78. The van der Waals surface area contributed by atoms with Crippen LogP contribution < -0.4 is 5.32 Å². The van der Waals surface area contributed by atoms with Crippen molar-refractivity contribution in [3.8, 4) is 0 Å². The van der Waals surface area contributed by atoms with E-state index in [4.69, 9.17) is 11.6 Å². The number of carbonyl (C=O) groups is 1. The second-order valence-corrected chi connectivity index (χ2v) is 8.43. The molecule has 146 valence electrons. The summed E-state index contributed by atoms with van der Waals surface area (Å²) in [7, 11) is -3.78. The molecule has 0 atom stereocenters. The molecule has 0 saturated heterocycles. The Morgan fingerprint density at radius 2 is 1.90 bits per heavy atom. The predicted molar refractivity (Wildman–Crippen MR) is 104 cm³/mol. The molecule has 2 N–H and O–H groups in total. The molecule has 9 nitrogen and oxygen atoms in total. The van der Waals surface area contributed by atoms with Gasteiger partial charge in [0.1, 0.15) is 0 Å². The summed E-state index contributed by atoms with van der Waals surface area (Å²) in [6, 6.07) is 5.94. The van der Waals surface area contributed by atoms with E-state index in [9.17, 15) is 13.2 Å². The molecule has 0 radical (unpaired) electrons. The summed E-state index contributed by atoms with van der Waals surface area (Å²) in [6.07, 6.45) is 6.83. The smallest absolute Gasteiger partial charge is 0.253 e. The Bertz CT molecular complexity index is 1300. The van der Waals surface area contributed by atoms with Crippen LogP contribution in [0.15, 0.2) is 65.0 Å². The normalized spacial score (nSPS) is 11.5. The summed E-state index contributed by atoms with van der Waals surface area (Å²) in [5.41, 5.74) is 1.47. The van der Waals surface area contributed by atoms with Crippen molar-refractivity contribution >= 4 is 38.4 Å². The highest BCUT2D eigenvalue weighted by molar-refractivity contribution is 7.91. The molecule has 0 aliphatic rings. The number of rotatable bonds is 5. The summed E-state index contributed by atoms with van der Waals surface area (Å²) in [4.78, 5) is 24.3. The summed E-state index contributed by atoms with van der Waals surface area (Å²) in [5.74, 6) is -0.330. The van der Waals surface area contributed by atoms with E-state index in [0.29, 0.717) is 16.9 Å². The molecule has 4 aromatic heterocycles. The highest BCUT2D eigenvalue weighted by atomic mass is 35.5. The molecule has 0 aliphatic carbocycles. The highest BCUT2D eigenvalue weighted by Gasteiger charge is 2.19. The first kappa shape index (κ1) is 19.0.